The standard InChI is InChI=1S/C14H15FN2O/c1-3-10-6-12(5-4-9(10)2)17-14(18)13-7-11(15)8-16-13/h4-8,16H,3H2,1-2H3,(H,17,18). The van der Waals surface area contributed by atoms with Crippen LogP contribution in [-0.2, 0) is 6.42 Å². The van der Waals surface area contributed by atoms with E-state index in [2.05, 4.69) is 17.2 Å². The molecule has 0 spiro atoms. The predicted octanol–water partition coefficient (Wildman–Crippen LogP) is 3.28. The Labute approximate surface area is 105 Å². The van der Waals surface area contributed by atoms with Crippen molar-refractivity contribution in [2.75, 3.05) is 5.32 Å². The van der Waals surface area contributed by atoms with Gasteiger partial charge in [0, 0.05) is 18.0 Å². The second-order valence-electron chi connectivity index (χ2n) is 4.18. The number of anilines is 1. The van der Waals surface area contributed by atoms with Crippen LogP contribution in [0.2, 0.25) is 0 Å². The SMILES string of the molecule is CCc1cc(NC(=O)c2cc(F)c[nH]2)ccc1C. The van der Waals surface area contributed by atoms with Crippen LogP contribution in [0.3, 0.4) is 0 Å². The monoisotopic (exact) mass is 246 g/mol. The van der Waals surface area contributed by atoms with Crippen molar-refractivity contribution in [3.63, 3.8) is 0 Å². The third-order valence-electron chi connectivity index (χ3n) is 2.88. The van der Waals surface area contributed by atoms with Crippen LogP contribution in [0.5, 0.6) is 0 Å². The minimum atomic E-state index is -0.446. The van der Waals surface area contributed by atoms with Crippen LogP contribution in [0.25, 0.3) is 0 Å². The molecule has 18 heavy (non-hydrogen) atoms. The molecule has 3 nitrogen and oxygen atoms in total. The zero-order valence-electron chi connectivity index (χ0n) is 10.4. The first kappa shape index (κ1) is 12.4. The molecule has 0 saturated heterocycles. The van der Waals surface area contributed by atoms with E-state index in [1.807, 2.05) is 25.1 Å². The number of nitrogens with one attached hydrogen (secondary N) is 2. The van der Waals surface area contributed by atoms with E-state index in [1.165, 1.54) is 17.2 Å². The molecule has 0 atom stereocenters. The van der Waals surface area contributed by atoms with E-state index < -0.39 is 5.82 Å². The summed E-state index contributed by atoms with van der Waals surface area (Å²) in [5.74, 6) is -0.789. The van der Waals surface area contributed by atoms with Gasteiger partial charge in [-0.05, 0) is 36.6 Å². The van der Waals surface area contributed by atoms with Crippen molar-refractivity contribution in [1.29, 1.82) is 0 Å². The lowest BCUT2D eigenvalue weighted by molar-refractivity contribution is 0.102. The Morgan fingerprint density at radius 3 is 2.78 bits per heavy atom. The lowest BCUT2D eigenvalue weighted by atomic mass is 10.1. The molecule has 0 saturated carbocycles. The van der Waals surface area contributed by atoms with Gasteiger partial charge in [0.15, 0.2) is 0 Å². The van der Waals surface area contributed by atoms with E-state index in [-0.39, 0.29) is 11.6 Å². The second-order valence-corrected chi connectivity index (χ2v) is 4.18. The van der Waals surface area contributed by atoms with Crippen molar-refractivity contribution in [2.45, 2.75) is 20.3 Å². The van der Waals surface area contributed by atoms with E-state index >= 15 is 0 Å². The van der Waals surface area contributed by atoms with E-state index in [0.717, 1.165) is 18.3 Å². The van der Waals surface area contributed by atoms with Crippen LogP contribution in [-0.4, -0.2) is 10.9 Å². The van der Waals surface area contributed by atoms with Crippen molar-refractivity contribution in [2.24, 2.45) is 0 Å². The first-order chi connectivity index (χ1) is 8.60. The summed E-state index contributed by atoms with van der Waals surface area (Å²) in [7, 11) is 0. The number of carbonyl (C=O) groups excluding carboxylic acids is 1. The highest BCUT2D eigenvalue weighted by atomic mass is 19.1. The highest BCUT2D eigenvalue weighted by Crippen LogP contribution is 2.16. The van der Waals surface area contributed by atoms with Crippen LogP contribution in [0.1, 0.15) is 28.5 Å². The summed E-state index contributed by atoms with van der Waals surface area (Å²) in [6.07, 6.45) is 2.06. The normalized spacial score (nSPS) is 10.4. The number of aromatic nitrogens is 1. The molecular formula is C14H15FN2O. The molecule has 2 aromatic rings. The fourth-order valence-corrected chi connectivity index (χ4v) is 1.83. The van der Waals surface area contributed by atoms with Crippen LogP contribution in [0, 0.1) is 12.7 Å². The number of halogens is 1. The zero-order chi connectivity index (χ0) is 13.1. The second kappa shape index (κ2) is 5.04. The van der Waals surface area contributed by atoms with Gasteiger partial charge in [0.05, 0.1) is 0 Å². The highest BCUT2D eigenvalue weighted by molar-refractivity contribution is 6.03. The number of carbonyl (C=O) groups is 1. The Kier molecular flexibility index (Phi) is 3.46. The quantitative estimate of drug-likeness (QED) is 0.857. The first-order valence-electron chi connectivity index (χ1n) is 5.85. The first-order valence-corrected chi connectivity index (χ1v) is 5.85. The average molecular weight is 246 g/mol. The highest BCUT2D eigenvalue weighted by Gasteiger charge is 2.09. The summed E-state index contributed by atoms with van der Waals surface area (Å²) < 4.78 is 12.8. The van der Waals surface area contributed by atoms with Crippen molar-refractivity contribution in [3.05, 3.63) is 53.1 Å². The van der Waals surface area contributed by atoms with Crippen molar-refractivity contribution >= 4 is 11.6 Å². The summed E-state index contributed by atoms with van der Waals surface area (Å²) in [6.45, 7) is 4.10. The van der Waals surface area contributed by atoms with Gasteiger partial charge >= 0.3 is 0 Å². The van der Waals surface area contributed by atoms with Crippen molar-refractivity contribution < 1.29 is 9.18 Å². The molecule has 2 N–H and O–H groups in total. The van der Waals surface area contributed by atoms with E-state index in [0.29, 0.717) is 0 Å². The molecule has 0 bridgehead atoms. The molecule has 0 radical (unpaired) electrons. The van der Waals surface area contributed by atoms with Crippen LogP contribution in [0.15, 0.2) is 30.5 Å². The molecule has 1 heterocycles. The summed E-state index contributed by atoms with van der Waals surface area (Å²) in [5, 5.41) is 2.74. The molecule has 4 heteroatoms. The third kappa shape index (κ3) is 2.59. The molecule has 0 aliphatic carbocycles. The third-order valence-corrected chi connectivity index (χ3v) is 2.88. The summed E-state index contributed by atoms with van der Waals surface area (Å²) in [5.41, 5.74) is 3.32. The maximum atomic E-state index is 12.8. The van der Waals surface area contributed by atoms with Crippen molar-refractivity contribution in [1.82, 2.24) is 4.98 Å². The minimum absolute atomic E-state index is 0.214. The fraction of sp³-hybridized carbons (Fsp3) is 0.214. The van der Waals surface area contributed by atoms with Crippen LogP contribution in [0.4, 0.5) is 10.1 Å². The zero-order valence-corrected chi connectivity index (χ0v) is 10.4. The lowest BCUT2D eigenvalue weighted by Crippen LogP contribution is -2.12. The summed E-state index contributed by atoms with van der Waals surface area (Å²) in [4.78, 5) is 14.4. The molecule has 1 amide bonds. The van der Waals surface area contributed by atoms with Crippen molar-refractivity contribution in [3.8, 4) is 0 Å². The topological polar surface area (TPSA) is 44.9 Å². The number of amides is 1. The number of benzene rings is 1. The van der Waals surface area contributed by atoms with Gasteiger partial charge in [-0.1, -0.05) is 13.0 Å². The Balaban J connectivity index is 2.16. The van der Waals surface area contributed by atoms with Gasteiger partial charge in [0.2, 0.25) is 0 Å². The smallest absolute Gasteiger partial charge is 0.272 e. The van der Waals surface area contributed by atoms with Gasteiger partial charge in [0.25, 0.3) is 5.91 Å². The van der Waals surface area contributed by atoms with Gasteiger partial charge in [-0.2, -0.15) is 0 Å². The largest absolute Gasteiger partial charge is 0.355 e. The molecule has 2 rings (SSSR count). The molecule has 1 aromatic heterocycles. The van der Waals surface area contributed by atoms with Gasteiger partial charge in [-0.3, -0.25) is 4.79 Å². The Bertz CT molecular complexity index is 575. The summed E-state index contributed by atoms with van der Waals surface area (Å²) >= 11 is 0. The van der Waals surface area contributed by atoms with Gasteiger partial charge in [-0.15, -0.1) is 0 Å². The van der Waals surface area contributed by atoms with E-state index in [9.17, 15) is 9.18 Å². The van der Waals surface area contributed by atoms with Crippen LogP contribution < -0.4 is 5.32 Å². The number of hydrogen-bond donors (Lipinski definition) is 2. The number of H-pyrrole nitrogens is 1. The molecule has 94 valence electrons. The molecule has 0 aliphatic rings. The van der Waals surface area contributed by atoms with Crippen LogP contribution >= 0.6 is 0 Å². The Morgan fingerprint density at radius 2 is 2.17 bits per heavy atom. The molecule has 0 fully saturated rings. The molecule has 0 aliphatic heterocycles. The number of hydrogen-bond acceptors (Lipinski definition) is 1. The van der Waals surface area contributed by atoms with Gasteiger partial charge < -0.3 is 10.3 Å². The number of aryl methyl sites for hydroxylation is 2. The van der Waals surface area contributed by atoms with E-state index in [4.69, 9.17) is 0 Å². The molecule has 1 aromatic carbocycles. The Morgan fingerprint density at radius 1 is 1.39 bits per heavy atom. The average Bonchev–Trinajstić information content (AvgIpc) is 2.78. The number of rotatable bonds is 3. The maximum absolute atomic E-state index is 12.8. The number of aromatic amines is 1. The molecular weight excluding hydrogens is 231 g/mol. The Hall–Kier alpha value is -2.10. The van der Waals surface area contributed by atoms with Gasteiger partial charge in [-0.25, -0.2) is 4.39 Å². The lowest BCUT2D eigenvalue weighted by Gasteiger charge is -2.08. The summed E-state index contributed by atoms with van der Waals surface area (Å²) in [6, 6.07) is 6.91. The predicted molar refractivity (Wildman–Crippen MR) is 69.3 cm³/mol. The minimum Gasteiger partial charge on any atom is -0.355 e. The fourth-order valence-electron chi connectivity index (χ4n) is 1.83. The maximum Gasteiger partial charge on any atom is 0.272 e. The van der Waals surface area contributed by atoms with E-state index in [1.54, 1.807) is 0 Å². The van der Waals surface area contributed by atoms with Gasteiger partial charge in [0.1, 0.15) is 11.5 Å². The molecule has 0 unspecified atom stereocenters.